The molecule has 1 aliphatic carbocycles. The molecule has 0 aromatic heterocycles. The third-order valence-corrected chi connectivity index (χ3v) is 8.83. The molecule has 18 heteroatoms. The van der Waals surface area contributed by atoms with Crippen molar-refractivity contribution >= 4 is 47.6 Å². The number of carboxylic acids is 2. The van der Waals surface area contributed by atoms with Crippen LogP contribution in [0.5, 0.6) is 0 Å². The zero-order valence-electron chi connectivity index (χ0n) is 31.2. The fourth-order valence-electron chi connectivity index (χ4n) is 6.02. The molecule has 2 aromatic rings. The number of hydrogen-bond acceptors (Lipinski definition) is 9. The lowest BCUT2D eigenvalue weighted by Crippen LogP contribution is -2.57. The number of aliphatic imine (C=N–C) groups is 1. The molecule has 0 heterocycles. The van der Waals surface area contributed by atoms with E-state index >= 15 is 0 Å². The summed E-state index contributed by atoms with van der Waals surface area (Å²) in [6, 6.07) is 10.3. The smallest absolute Gasteiger partial charge is 0.407 e. The molecule has 0 saturated heterocycles. The van der Waals surface area contributed by atoms with Crippen LogP contribution in [-0.2, 0) is 33.5 Å². The molecule has 5 amide bonds. The predicted molar refractivity (Wildman–Crippen MR) is 200 cm³/mol. The van der Waals surface area contributed by atoms with Gasteiger partial charge in [-0.2, -0.15) is 0 Å². The van der Waals surface area contributed by atoms with E-state index in [2.05, 4.69) is 31.6 Å². The Hall–Kier alpha value is -6.20. The Morgan fingerprint density at radius 3 is 1.85 bits per heavy atom. The first-order valence-corrected chi connectivity index (χ1v) is 17.8. The molecule has 2 aromatic carbocycles. The van der Waals surface area contributed by atoms with Crippen LogP contribution in [0.4, 0.5) is 4.79 Å². The zero-order valence-corrected chi connectivity index (χ0v) is 31.2. The van der Waals surface area contributed by atoms with Crippen molar-refractivity contribution < 1.29 is 48.5 Å². The first-order valence-electron chi connectivity index (χ1n) is 17.8. The third-order valence-electron chi connectivity index (χ3n) is 8.83. The lowest BCUT2D eigenvalue weighted by molar-refractivity contribution is -0.144. The number of nitrogens with zero attached hydrogens (tertiary/aromatic N) is 1. The van der Waals surface area contributed by atoms with Gasteiger partial charge in [-0.25, -0.2) is 9.59 Å². The minimum atomic E-state index is -1.66. The fraction of sp³-hybridized carbons (Fsp3) is 0.459. The summed E-state index contributed by atoms with van der Waals surface area (Å²) >= 11 is 0. The summed E-state index contributed by atoms with van der Waals surface area (Å²) in [7, 11) is 0. The molecular weight excluding hydrogens is 716 g/mol. The number of alkyl carbamates (subject to hydrolysis) is 1. The zero-order chi connectivity index (χ0) is 40.8. The number of carboxylic acid groups (broad SMARTS) is 2. The number of nitrogens with two attached hydrogens (primary N) is 2. The van der Waals surface area contributed by atoms with Crippen LogP contribution in [-0.4, -0.2) is 102 Å². The second-order valence-corrected chi connectivity index (χ2v) is 13.7. The van der Waals surface area contributed by atoms with Crippen molar-refractivity contribution in [3.05, 3.63) is 59.7 Å². The highest BCUT2D eigenvalue weighted by atomic mass is 16.5. The summed E-state index contributed by atoms with van der Waals surface area (Å²) in [6.07, 6.45) is -1.49. The topological polar surface area (TPSA) is 294 Å². The highest BCUT2D eigenvalue weighted by molar-refractivity contribution is 5.95. The van der Waals surface area contributed by atoms with E-state index in [0.29, 0.717) is 0 Å². The van der Waals surface area contributed by atoms with Crippen LogP contribution in [0.3, 0.4) is 0 Å². The van der Waals surface area contributed by atoms with Crippen LogP contribution in [0.1, 0.15) is 64.0 Å². The van der Waals surface area contributed by atoms with Gasteiger partial charge >= 0.3 is 18.0 Å². The lowest BCUT2D eigenvalue weighted by atomic mass is 9.98. The summed E-state index contributed by atoms with van der Waals surface area (Å²) in [5.74, 6) is -7.74. The Bertz CT molecular complexity index is 1710. The predicted octanol–water partition coefficient (Wildman–Crippen LogP) is 0.389. The maximum atomic E-state index is 13.6. The van der Waals surface area contributed by atoms with E-state index in [9.17, 15) is 43.8 Å². The van der Waals surface area contributed by atoms with Crippen molar-refractivity contribution in [3.63, 3.8) is 0 Å². The van der Waals surface area contributed by atoms with Gasteiger partial charge in [-0.3, -0.25) is 29.0 Å². The number of carbonyl (C=O) groups excluding carboxylic acids is 5. The number of ether oxygens (including phenoxy) is 1. The van der Waals surface area contributed by atoms with Gasteiger partial charge in [-0.1, -0.05) is 76.2 Å². The van der Waals surface area contributed by atoms with E-state index in [1.165, 1.54) is 13.8 Å². The number of amides is 5. The second kappa shape index (κ2) is 20.3. The van der Waals surface area contributed by atoms with Crippen LogP contribution in [0, 0.1) is 11.8 Å². The van der Waals surface area contributed by atoms with E-state index in [0.717, 1.165) is 22.3 Å². The molecule has 1 aliphatic rings. The molecule has 3 rings (SSSR count). The number of fused-ring (bicyclic) bond motifs is 3. The van der Waals surface area contributed by atoms with Crippen molar-refractivity contribution in [3.8, 4) is 11.1 Å². The van der Waals surface area contributed by atoms with E-state index in [-0.39, 0.29) is 37.9 Å². The van der Waals surface area contributed by atoms with Crippen LogP contribution in [0.15, 0.2) is 53.5 Å². The number of guanidine groups is 1. The van der Waals surface area contributed by atoms with Crippen molar-refractivity contribution in [2.75, 3.05) is 19.7 Å². The monoisotopic (exact) mass is 766 g/mol. The van der Waals surface area contributed by atoms with Gasteiger partial charge in [0.15, 0.2) is 5.96 Å². The summed E-state index contributed by atoms with van der Waals surface area (Å²) in [5.41, 5.74) is 14.9. The lowest BCUT2D eigenvalue weighted by Gasteiger charge is -2.25. The van der Waals surface area contributed by atoms with Crippen LogP contribution in [0.2, 0.25) is 0 Å². The largest absolute Gasteiger partial charge is 0.481 e. The Kier molecular flexibility index (Phi) is 16.0. The van der Waals surface area contributed by atoms with Gasteiger partial charge in [-0.05, 0) is 46.9 Å². The third kappa shape index (κ3) is 12.7. The van der Waals surface area contributed by atoms with E-state index in [4.69, 9.17) is 16.2 Å². The van der Waals surface area contributed by atoms with E-state index < -0.39 is 90.6 Å². The molecule has 0 unspecified atom stereocenters. The van der Waals surface area contributed by atoms with Gasteiger partial charge in [0.2, 0.25) is 23.6 Å². The van der Waals surface area contributed by atoms with Gasteiger partial charge < -0.3 is 53.0 Å². The SMILES string of the molecule is CC(C)[C@H](NC(=O)[C@H](CC(=O)O)NC(=O)CNC(=O)[C@H](CCCN=C(N)N)NC(=O)[C@@H](NC(=O)OCC1c2ccccc2-c2ccccc21)C(C)C)C(=O)O. The van der Waals surface area contributed by atoms with Gasteiger partial charge in [0.25, 0.3) is 0 Å². The average Bonchev–Trinajstić information content (AvgIpc) is 3.44. The molecule has 0 bridgehead atoms. The number of aliphatic carboxylic acids is 2. The summed E-state index contributed by atoms with van der Waals surface area (Å²) in [4.78, 5) is 92.3. The molecule has 0 radical (unpaired) electrons. The second-order valence-electron chi connectivity index (χ2n) is 13.7. The average molecular weight is 767 g/mol. The maximum absolute atomic E-state index is 13.6. The standard InChI is InChI=1S/C37H50N8O10/c1-19(2)30(45-37(54)55-18-25-23-12-7-5-10-21(23)22-11-6-8-13-24(22)25)34(51)43-26(14-9-15-40-36(38)39)32(49)41-17-28(46)42-27(16-29(47)48)33(50)44-31(20(3)4)35(52)53/h5-8,10-13,19-20,25-27,30-31H,9,14-18H2,1-4H3,(H,41,49)(H,42,46)(H,43,51)(H,44,50)(H,45,54)(H,47,48)(H,52,53)(H4,38,39,40)/t26-,27-,30-,31-/m0/s1. The summed E-state index contributed by atoms with van der Waals surface area (Å²) < 4.78 is 5.62. The number of hydrogen-bond donors (Lipinski definition) is 9. The highest BCUT2D eigenvalue weighted by Gasteiger charge is 2.33. The van der Waals surface area contributed by atoms with Crippen molar-refractivity contribution in [2.45, 2.75) is 77.0 Å². The summed E-state index contributed by atoms with van der Waals surface area (Å²) in [5, 5.41) is 30.6. The molecule has 4 atom stereocenters. The first kappa shape index (κ1) is 43.2. The Morgan fingerprint density at radius 2 is 1.33 bits per heavy atom. The minimum Gasteiger partial charge on any atom is -0.481 e. The molecule has 0 fully saturated rings. The van der Waals surface area contributed by atoms with E-state index in [1.54, 1.807) is 13.8 Å². The maximum Gasteiger partial charge on any atom is 0.407 e. The number of carbonyl (C=O) groups is 7. The van der Waals surface area contributed by atoms with Gasteiger partial charge in [0, 0.05) is 12.5 Å². The molecular formula is C37H50N8O10. The quantitative estimate of drug-likeness (QED) is 0.0503. The highest BCUT2D eigenvalue weighted by Crippen LogP contribution is 2.44. The Morgan fingerprint density at radius 1 is 0.745 bits per heavy atom. The molecule has 298 valence electrons. The molecule has 0 saturated carbocycles. The molecule has 11 N–H and O–H groups in total. The van der Waals surface area contributed by atoms with Crippen molar-refractivity contribution in [1.29, 1.82) is 0 Å². The van der Waals surface area contributed by atoms with Crippen molar-refractivity contribution in [2.24, 2.45) is 28.3 Å². The van der Waals surface area contributed by atoms with Crippen LogP contribution < -0.4 is 38.1 Å². The molecule has 18 nitrogen and oxygen atoms in total. The molecule has 0 aliphatic heterocycles. The van der Waals surface area contributed by atoms with E-state index in [1.807, 2.05) is 48.5 Å². The molecule has 0 spiro atoms. The number of benzene rings is 2. The van der Waals surface area contributed by atoms with Gasteiger partial charge in [0.05, 0.1) is 13.0 Å². The van der Waals surface area contributed by atoms with Crippen LogP contribution >= 0.6 is 0 Å². The normalized spacial score (nSPS) is 13.9. The van der Waals surface area contributed by atoms with Crippen LogP contribution in [0.25, 0.3) is 11.1 Å². The van der Waals surface area contributed by atoms with Gasteiger partial charge in [0.1, 0.15) is 30.8 Å². The minimum absolute atomic E-state index is 0.00154. The fourth-order valence-corrected chi connectivity index (χ4v) is 6.02. The Balaban J connectivity index is 1.66. The van der Waals surface area contributed by atoms with Crippen molar-refractivity contribution in [1.82, 2.24) is 26.6 Å². The van der Waals surface area contributed by atoms with Gasteiger partial charge in [-0.15, -0.1) is 0 Å². The summed E-state index contributed by atoms with van der Waals surface area (Å²) in [6.45, 7) is 5.83. The molecule has 55 heavy (non-hydrogen) atoms. The number of nitrogens with one attached hydrogen (secondary N) is 5. The first-order chi connectivity index (χ1) is 26.0. The Labute approximate surface area is 318 Å². The number of rotatable bonds is 20.